The van der Waals surface area contributed by atoms with Gasteiger partial charge in [0.05, 0.1) is 12.8 Å². The van der Waals surface area contributed by atoms with Crippen molar-refractivity contribution in [3.8, 4) is 17.3 Å². The highest BCUT2D eigenvalue weighted by atomic mass is 32.1. The van der Waals surface area contributed by atoms with Gasteiger partial charge in [-0.25, -0.2) is 4.98 Å². The number of aryl methyl sites for hydroxylation is 1. The van der Waals surface area contributed by atoms with E-state index in [0.29, 0.717) is 5.82 Å². The molecule has 4 aromatic heterocycles. The Morgan fingerprint density at radius 1 is 1.07 bits per heavy atom. The van der Waals surface area contributed by atoms with Gasteiger partial charge < -0.3 is 4.74 Å². The van der Waals surface area contributed by atoms with E-state index < -0.39 is 0 Å². The predicted octanol–water partition coefficient (Wildman–Crippen LogP) is 3.41. The topological polar surface area (TPSA) is 69.6 Å². The molecule has 0 bridgehead atoms. The van der Waals surface area contributed by atoms with Gasteiger partial charge in [0, 0.05) is 12.6 Å². The summed E-state index contributed by atoms with van der Waals surface area (Å²) in [7, 11) is 1.67. The van der Waals surface area contributed by atoms with Gasteiger partial charge in [0.1, 0.15) is 22.1 Å². The van der Waals surface area contributed by atoms with E-state index in [1.807, 2.05) is 52.4 Å². The van der Waals surface area contributed by atoms with Gasteiger partial charge in [-0.05, 0) is 36.8 Å². The number of nitrogens with zero attached hydrogens (tertiary/aromatic N) is 6. The fourth-order valence-corrected chi connectivity index (χ4v) is 4.04. The van der Waals surface area contributed by atoms with Crippen LogP contribution in [0.2, 0.25) is 0 Å². The van der Waals surface area contributed by atoms with Crippen molar-refractivity contribution in [2.45, 2.75) is 13.3 Å². The molecule has 0 N–H and O–H groups in total. The number of fused-ring (bicyclic) bond motifs is 2. The first-order valence-corrected chi connectivity index (χ1v) is 9.32. The number of aromatic nitrogens is 6. The number of imidazole rings is 1. The molecule has 0 aliphatic heterocycles. The van der Waals surface area contributed by atoms with Gasteiger partial charge in [-0.2, -0.15) is 9.61 Å². The zero-order valence-corrected chi connectivity index (χ0v) is 15.6. The lowest BCUT2D eigenvalue weighted by molar-refractivity contribution is 0.414. The highest BCUT2D eigenvalue weighted by molar-refractivity contribution is 7.16. The molecule has 0 aliphatic rings. The molecule has 4 heterocycles. The second-order valence-electron chi connectivity index (χ2n) is 6.21. The number of methoxy groups -OCH3 is 1. The van der Waals surface area contributed by atoms with Gasteiger partial charge in [0.2, 0.25) is 10.8 Å². The molecule has 5 rings (SSSR count). The van der Waals surface area contributed by atoms with Crippen LogP contribution in [0.4, 0.5) is 0 Å². The van der Waals surface area contributed by atoms with Crippen LogP contribution >= 0.6 is 11.3 Å². The molecule has 0 atom stereocenters. The third-order valence-corrected chi connectivity index (χ3v) is 5.36. The van der Waals surface area contributed by atoms with Crippen molar-refractivity contribution in [3.63, 3.8) is 0 Å². The maximum atomic E-state index is 5.21. The molecule has 0 radical (unpaired) electrons. The van der Waals surface area contributed by atoms with Crippen molar-refractivity contribution in [1.29, 1.82) is 0 Å². The van der Waals surface area contributed by atoms with Crippen molar-refractivity contribution < 1.29 is 4.74 Å². The average molecular weight is 376 g/mol. The minimum atomic E-state index is 0.707. The molecule has 134 valence electrons. The van der Waals surface area contributed by atoms with E-state index >= 15 is 0 Å². The van der Waals surface area contributed by atoms with E-state index in [-0.39, 0.29) is 0 Å². The standard InChI is InChI=1S/C19H16N6OS/c1-12-17(24-10-4-3-5-15(24)20-12)18-21-22-19-25(18)23-16(27-19)11-13-6-8-14(26-2)9-7-13/h3-10H,11H2,1-2H3. The van der Waals surface area contributed by atoms with Crippen LogP contribution in [-0.4, -0.2) is 36.3 Å². The quantitative estimate of drug-likeness (QED) is 0.481. The summed E-state index contributed by atoms with van der Waals surface area (Å²) in [6.07, 6.45) is 2.72. The first kappa shape index (κ1) is 16.0. The Hall–Kier alpha value is -3.26. The molecule has 7 nitrogen and oxygen atoms in total. The number of ether oxygens (including phenoxy) is 1. The Morgan fingerprint density at radius 3 is 2.74 bits per heavy atom. The van der Waals surface area contributed by atoms with Crippen molar-refractivity contribution in [2.24, 2.45) is 0 Å². The fourth-order valence-electron chi connectivity index (χ4n) is 3.18. The fraction of sp³-hybridized carbons (Fsp3) is 0.158. The summed E-state index contributed by atoms with van der Waals surface area (Å²) in [5.41, 5.74) is 3.88. The molecule has 0 saturated carbocycles. The zero-order valence-electron chi connectivity index (χ0n) is 14.8. The van der Waals surface area contributed by atoms with Gasteiger partial charge in [-0.15, -0.1) is 10.2 Å². The molecule has 0 spiro atoms. The monoisotopic (exact) mass is 376 g/mol. The van der Waals surface area contributed by atoms with Crippen LogP contribution in [0.1, 0.15) is 16.3 Å². The Morgan fingerprint density at radius 2 is 1.93 bits per heavy atom. The highest BCUT2D eigenvalue weighted by Gasteiger charge is 2.19. The molecule has 5 aromatic rings. The lowest BCUT2D eigenvalue weighted by Gasteiger charge is -2.01. The smallest absolute Gasteiger partial charge is 0.235 e. The first-order chi connectivity index (χ1) is 13.2. The highest BCUT2D eigenvalue weighted by Crippen LogP contribution is 2.26. The zero-order chi connectivity index (χ0) is 18.4. The van der Waals surface area contributed by atoms with E-state index in [4.69, 9.17) is 9.84 Å². The van der Waals surface area contributed by atoms with Crippen LogP contribution in [0.3, 0.4) is 0 Å². The predicted molar refractivity (Wildman–Crippen MR) is 103 cm³/mol. The molecule has 27 heavy (non-hydrogen) atoms. The Kier molecular flexibility index (Phi) is 3.64. The Balaban J connectivity index is 1.56. The Labute approximate surface area is 158 Å². The minimum absolute atomic E-state index is 0.707. The summed E-state index contributed by atoms with van der Waals surface area (Å²) in [5.74, 6) is 1.56. The molecule has 0 saturated heterocycles. The van der Waals surface area contributed by atoms with Crippen molar-refractivity contribution in [2.75, 3.05) is 7.11 Å². The second kappa shape index (κ2) is 6.17. The van der Waals surface area contributed by atoms with Gasteiger partial charge >= 0.3 is 0 Å². The summed E-state index contributed by atoms with van der Waals surface area (Å²) < 4.78 is 9.05. The van der Waals surface area contributed by atoms with E-state index in [9.17, 15) is 0 Å². The summed E-state index contributed by atoms with van der Waals surface area (Å²) in [6.45, 7) is 1.98. The van der Waals surface area contributed by atoms with Crippen LogP contribution in [0, 0.1) is 6.92 Å². The third kappa shape index (κ3) is 2.65. The largest absolute Gasteiger partial charge is 0.497 e. The number of benzene rings is 1. The van der Waals surface area contributed by atoms with Gasteiger partial charge in [0.15, 0.2) is 0 Å². The van der Waals surface area contributed by atoms with E-state index in [1.165, 1.54) is 5.56 Å². The maximum Gasteiger partial charge on any atom is 0.235 e. The molecule has 0 unspecified atom stereocenters. The SMILES string of the molecule is COc1ccc(Cc2nn3c(-c4c(C)nc5ccccn45)nnc3s2)cc1. The maximum absolute atomic E-state index is 5.21. The lowest BCUT2D eigenvalue weighted by atomic mass is 10.1. The van der Waals surface area contributed by atoms with Gasteiger partial charge in [-0.1, -0.05) is 29.5 Å². The number of hydrogen-bond acceptors (Lipinski definition) is 6. The van der Waals surface area contributed by atoms with Crippen LogP contribution in [0.25, 0.3) is 22.1 Å². The Bertz CT molecular complexity index is 1250. The summed E-state index contributed by atoms with van der Waals surface area (Å²) in [6, 6.07) is 14.0. The number of rotatable bonds is 4. The minimum Gasteiger partial charge on any atom is -0.497 e. The van der Waals surface area contributed by atoms with Gasteiger partial charge in [0.25, 0.3) is 0 Å². The number of pyridine rings is 1. The summed E-state index contributed by atoms with van der Waals surface area (Å²) in [4.78, 5) is 5.39. The van der Waals surface area contributed by atoms with E-state index in [2.05, 4.69) is 27.3 Å². The third-order valence-electron chi connectivity index (χ3n) is 4.46. The van der Waals surface area contributed by atoms with E-state index in [0.717, 1.165) is 39.2 Å². The van der Waals surface area contributed by atoms with Crippen LogP contribution < -0.4 is 4.74 Å². The summed E-state index contributed by atoms with van der Waals surface area (Å²) >= 11 is 1.55. The molecular weight excluding hydrogens is 360 g/mol. The van der Waals surface area contributed by atoms with Crippen LogP contribution in [0.5, 0.6) is 5.75 Å². The van der Waals surface area contributed by atoms with Crippen molar-refractivity contribution in [3.05, 3.63) is 64.9 Å². The summed E-state index contributed by atoms with van der Waals surface area (Å²) in [5, 5.41) is 14.4. The molecular formula is C19H16N6OS. The second-order valence-corrected chi connectivity index (χ2v) is 7.25. The molecule has 8 heteroatoms. The first-order valence-electron chi connectivity index (χ1n) is 8.51. The molecule has 0 aliphatic carbocycles. The van der Waals surface area contributed by atoms with Crippen molar-refractivity contribution in [1.82, 2.24) is 29.2 Å². The van der Waals surface area contributed by atoms with Crippen LogP contribution in [-0.2, 0) is 6.42 Å². The molecule has 0 amide bonds. The van der Waals surface area contributed by atoms with E-state index in [1.54, 1.807) is 18.4 Å². The number of hydrogen-bond donors (Lipinski definition) is 0. The van der Waals surface area contributed by atoms with Crippen LogP contribution in [0.15, 0.2) is 48.7 Å². The molecule has 1 aromatic carbocycles. The molecule has 0 fully saturated rings. The van der Waals surface area contributed by atoms with Crippen molar-refractivity contribution >= 4 is 21.9 Å². The van der Waals surface area contributed by atoms with Gasteiger partial charge in [-0.3, -0.25) is 4.40 Å². The normalized spacial score (nSPS) is 11.5. The average Bonchev–Trinajstić information content (AvgIpc) is 3.34. The lowest BCUT2D eigenvalue weighted by Crippen LogP contribution is -1.97.